The average molecular weight is 465 g/mol. The second kappa shape index (κ2) is 10.7. The van der Waals surface area contributed by atoms with Crippen LogP contribution in [0.2, 0.25) is 5.02 Å². The van der Waals surface area contributed by atoms with E-state index >= 15 is 0 Å². The van der Waals surface area contributed by atoms with E-state index in [1.54, 1.807) is 18.9 Å². The predicted octanol–water partition coefficient (Wildman–Crippen LogP) is 5.85. The molecule has 5 nitrogen and oxygen atoms in total. The minimum atomic E-state index is 0.664. The van der Waals surface area contributed by atoms with E-state index in [0.717, 1.165) is 45.3 Å². The summed E-state index contributed by atoms with van der Waals surface area (Å²) in [5, 5.41) is 10.6. The molecule has 1 aromatic heterocycles. The van der Waals surface area contributed by atoms with Crippen LogP contribution >= 0.6 is 23.4 Å². The van der Waals surface area contributed by atoms with Crippen LogP contribution in [0.4, 0.5) is 0 Å². The molecule has 32 heavy (non-hydrogen) atoms. The Hall–Kier alpha value is -2.80. The molecule has 0 atom stereocenters. The topological polar surface area (TPSA) is 43.2 Å². The molecule has 0 bridgehead atoms. The molecule has 0 fully saturated rings. The van der Waals surface area contributed by atoms with Crippen molar-refractivity contribution < 1.29 is 4.74 Å². The van der Waals surface area contributed by atoms with Crippen molar-refractivity contribution in [3.63, 3.8) is 0 Å². The molecule has 4 rings (SSSR count). The Morgan fingerprint density at radius 2 is 1.69 bits per heavy atom. The van der Waals surface area contributed by atoms with Gasteiger partial charge in [0, 0.05) is 23.4 Å². The van der Waals surface area contributed by atoms with Crippen LogP contribution in [-0.2, 0) is 18.8 Å². The minimum Gasteiger partial charge on any atom is -0.497 e. The van der Waals surface area contributed by atoms with Crippen molar-refractivity contribution in [2.24, 2.45) is 0 Å². The number of benzene rings is 3. The summed E-state index contributed by atoms with van der Waals surface area (Å²) in [6.07, 6.45) is 0. The van der Waals surface area contributed by atoms with Crippen molar-refractivity contribution in [2.75, 3.05) is 14.2 Å². The van der Waals surface area contributed by atoms with Gasteiger partial charge in [-0.15, -0.1) is 10.2 Å². The fraction of sp³-hybridized carbons (Fsp3) is 0.200. The molecule has 0 aliphatic heterocycles. The maximum absolute atomic E-state index is 6.15. The predicted molar refractivity (Wildman–Crippen MR) is 131 cm³/mol. The molecular weight excluding hydrogens is 440 g/mol. The quantitative estimate of drug-likeness (QED) is 0.290. The first-order valence-electron chi connectivity index (χ1n) is 10.3. The molecule has 0 unspecified atom stereocenters. The Bertz CT molecular complexity index is 1170. The Morgan fingerprint density at radius 1 is 0.906 bits per heavy atom. The van der Waals surface area contributed by atoms with Crippen LogP contribution in [0, 0.1) is 0 Å². The highest BCUT2D eigenvalue weighted by molar-refractivity contribution is 7.98. The number of rotatable bonds is 9. The van der Waals surface area contributed by atoms with Gasteiger partial charge < -0.3 is 4.74 Å². The maximum atomic E-state index is 6.15. The van der Waals surface area contributed by atoms with Gasteiger partial charge in [0.05, 0.1) is 19.3 Å². The third-order valence-electron chi connectivity index (χ3n) is 4.98. The summed E-state index contributed by atoms with van der Waals surface area (Å²) in [5.41, 5.74) is 3.38. The number of methoxy groups -OCH3 is 1. The SMILES string of the molecule is COc1cccc(-n2c(CN(C)Cc3ccccc3)nnc2SCc2cccc(Cl)c2)c1. The number of ether oxygens (including phenoxy) is 1. The van der Waals surface area contributed by atoms with E-state index in [4.69, 9.17) is 16.3 Å². The standard InChI is InChI=1S/C25H25ClN4OS/c1-29(16-19-8-4-3-5-9-19)17-24-27-28-25(32-18-20-10-6-11-21(26)14-20)30(24)22-12-7-13-23(15-22)31-2/h3-15H,16-18H2,1-2H3. The first-order valence-corrected chi connectivity index (χ1v) is 11.7. The molecule has 0 amide bonds. The van der Waals surface area contributed by atoms with E-state index in [1.165, 1.54) is 5.56 Å². The van der Waals surface area contributed by atoms with Gasteiger partial charge in [-0.3, -0.25) is 9.47 Å². The Morgan fingerprint density at radius 3 is 2.47 bits per heavy atom. The van der Waals surface area contributed by atoms with Crippen LogP contribution in [0.3, 0.4) is 0 Å². The Kier molecular flexibility index (Phi) is 7.47. The minimum absolute atomic E-state index is 0.664. The van der Waals surface area contributed by atoms with Crippen LogP contribution in [-0.4, -0.2) is 33.8 Å². The third-order valence-corrected chi connectivity index (χ3v) is 6.21. The van der Waals surface area contributed by atoms with Gasteiger partial charge in [-0.25, -0.2) is 0 Å². The number of aromatic nitrogens is 3. The zero-order valence-electron chi connectivity index (χ0n) is 18.1. The van der Waals surface area contributed by atoms with Crippen LogP contribution in [0.1, 0.15) is 17.0 Å². The zero-order valence-corrected chi connectivity index (χ0v) is 19.7. The normalized spacial score (nSPS) is 11.1. The van der Waals surface area contributed by atoms with Crippen LogP contribution in [0.5, 0.6) is 5.75 Å². The molecule has 1 heterocycles. The second-order valence-corrected chi connectivity index (χ2v) is 8.89. The number of nitrogens with zero attached hydrogens (tertiary/aromatic N) is 4. The van der Waals surface area contributed by atoms with Gasteiger partial charge in [-0.2, -0.15) is 0 Å². The molecule has 0 aliphatic rings. The van der Waals surface area contributed by atoms with E-state index in [-0.39, 0.29) is 0 Å². The summed E-state index contributed by atoms with van der Waals surface area (Å²) in [7, 11) is 3.77. The summed E-state index contributed by atoms with van der Waals surface area (Å²) in [5.74, 6) is 2.43. The average Bonchev–Trinajstić information content (AvgIpc) is 3.20. The molecule has 0 aliphatic carbocycles. The molecule has 0 saturated carbocycles. The fourth-order valence-electron chi connectivity index (χ4n) is 3.47. The second-order valence-electron chi connectivity index (χ2n) is 7.51. The van der Waals surface area contributed by atoms with Crippen LogP contribution in [0.15, 0.2) is 84.0 Å². The summed E-state index contributed by atoms with van der Waals surface area (Å²) in [4.78, 5) is 2.24. The van der Waals surface area contributed by atoms with Crippen molar-refractivity contribution in [2.45, 2.75) is 24.0 Å². The van der Waals surface area contributed by atoms with Gasteiger partial charge in [-0.05, 0) is 42.4 Å². The van der Waals surface area contributed by atoms with Crippen LogP contribution in [0.25, 0.3) is 5.69 Å². The van der Waals surface area contributed by atoms with Crippen molar-refractivity contribution >= 4 is 23.4 Å². The maximum Gasteiger partial charge on any atom is 0.196 e. The summed E-state index contributed by atoms with van der Waals surface area (Å²) < 4.78 is 7.56. The van der Waals surface area contributed by atoms with Crippen molar-refractivity contribution in [1.82, 2.24) is 19.7 Å². The molecule has 7 heteroatoms. The Balaban J connectivity index is 1.60. The molecule has 0 radical (unpaired) electrons. The van der Waals surface area contributed by atoms with Crippen LogP contribution < -0.4 is 4.74 Å². The molecule has 4 aromatic rings. The lowest BCUT2D eigenvalue weighted by Crippen LogP contribution is -2.20. The highest BCUT2D eigenvalue weighted by atomic mass is 35.5. The van der Waals surface area contributed by atoms with Crippen molar-refractivity contribution in [3.05, 3.63) is 101 Å². The molecule has 0 spiro atoms. The molecule has 164 valence electrons. The lowest BCUT2D eigenvalue weighted by molar-refractivity contribution is 0.308. The first-order chi connectivity index (χ1) is 15.6. The van der Waals surface area contributed by atoms with Gasteiger partial charge in [0.15, 0.2) is 11.0 Å². The van der Waals surface area contributed by atoms with Crippen molar-refractivity contribution in [3.8, 4) is 11.4 Å². The van der Waals surface area contributed by atoms with E-state index in [9.17, 15) is 0 Å². The summed E-state index contributed by atoms with van der Waals surface area (Å²) in [6.45, 7) is 1.49. The third kappa shape index (κ3) is 5.71. The molecular formula is C25H25ClN4OS. The summed E-state index contributed by atoms with van der Waals surface area (Å²) >= 11 is 7.79. The summed E-state index contributed by atoms with van der Waals surface area (Å²) in [6, 6.07) is 26.3. The lowest BCUT2D eigenvalue weighted by atomic mass is 10.2. The molecule has 0 N–H and O–H groups in total. The number of hydrogen-bond acceptors (Lipinski definition) is 5. The number of halogens is 1. The zero-order chi connectivity index (χ0) is 22.3. The first kappa shape index (κ1) is 22.4. The van der Waals surface area contributed by atoms with Gasteiger partial charge in [-0.1, -0.05) is 71.9 Å². The van der Waals surface area contributed by atoms with Gasteiger partial charge in [0.2, 0.25) is 0 Å². The van der Waals surface area contributed by atoms with E-state index in [1.807, 2.05) is 42.5 Å². The molecule has 0 saturated heterocycles. The van der Waals surface area contributed by atoms with E-state index < -0.39 is 0 Å². The fourth-order valence-corrected chi connectivity index (χ4v) is 4.60. The molecule has 3 aromatic carbocycles. The lowest BCUT2D eigenvalue weighted by Gasteiger charge is -2.18. The van der Waals surface area contributed by atoms with Gasteiger partial charge in [0.25, 0.3) is 0 Å². The smallest absolute Gasteiger partial charge is 0.196 e. The van der Waals surface area contributed by atoms with Gasteiger partial charge >= 0.3 is 0 Å². The van der Waals surface area contributed by atoms with E-state index in [0.29, 0.717) is 6.54 Å². The highest BCUT2D eigenvalue weighted by Gasteiger charge is 2.17. The number of hydrogen-bond donors (Lipinski definition) is 0. The van der Waals surface area contributed by atoms with Crippen molar-refractivity contribution in [1.29, 1.82) is 0 Å². The monoisotopic (exact) mass is 464 g/mol. The van der Waals surface area contributed by atoms with Gasteiger partial charge in [0.1, 0.15) is 5.75 Å². The number of thioether (sulfide) groups is 1. The highest BCUT2D eigenvalue weighted by Crippen LogP contribution is 2.28. The Labute approximate surface area is 198 Å². The van der Waals surface area contributed by atoms with E-state index in [2.05, 4.69) is 63.1 Å². The largest absolute Gasteiger partial charge is 0.497 e.